The van der Waals surface area contributed by atoms with Gasteiger partial charge in [-0.05, 0) is 30.5 Å². The summed E-state index contributed by atoms with van der Waals surface area (Å²) in [5.74, 6) is 0.574. The van der Waals surface area contributed by atoms with Crippen molar-refractivity contribution in [2.24, 2.45) is 5.92 Å². The number of pyridine rings is 1. The lowest BCUT2D eigenvalue weighted by Gasteiger charge is -2.48. The van der Waals surface area contributed by atoms with E-state index in [1.54, 1.807) is 0 Å². The molecule has 21 heavy (non-hydrogen) atoms. The maximum absolute atomic E-state index is 2.51. The molecule has 0 spiro atoms. The van der Waals surface area contributed by atoms with E-state index in [0.717, 1.165) is 6.42 Å². The number of rotatable bonds is 2. The number of aromatic nitrogens is 1. The molecule has 1 aliphatic heterocycles. The van der Waals surface area contributed by atoms with E-state index in [-0.39, 0.29) is 11.0 Å². The normalized spacial score (nSPS) is 27.3. The van der Waals surface area contributed by atoms with Crippen molar-refractivity contribution >= 4 is 0 Å². The summed E-state index contributed by atoms with van der Waals surface area (Å²) in [5, 5.41) is 0. The number of hydrogen-bond donors (Lipinski definition) is 0. The van der Waals surface area contributed by atoms with Gasteiger partial charge in [-0.1, -0.05) is 39.0 Å². The summed E-state index contributed by atoms with van der Waals surface area (Å²) in [6.45, 7) is 11.9. The first-order valence-electron chi connectivity index (χ1n) is 8.08. The SMILES string of the molecule is CCC1(C)[n+]2ccccc2-c2ccccc2C1(C)C(C)C. The van der Waals surface area contributed by atoms with Gasteiger partial charge >= 0.3 is 0 Å². The van der Waals surface area contributed by atoms with E-state index in [2.05, 4.69) is 87.8 Å². The molecule has 1 nitrogen and oxygen atoms in total. The molecule has 0 radical (unpaired) electrons. The Kier molecular flexibility index (Phi) is 3.20. The molecule has 2 aromatic rings. The third-order valence-electron chi connectivity index (χ3n) is 6.12. The summed E-state index contributed by atoms with van der Waals surface area (Å²) in [6, 6.07) is 15.5. The summed E-state index contributed by atoms with van der Waals surface area (Å²) in [5.41, 5.74) is 4.44. The van der Waals surface area contributed by atoms with E-state index >= 15 is 0 Å². The molecule has 3 rings (SSSR count). The van der Waals surface area contributed by atoms with Crippen LogP contribution in [0.5, 0.6) is 0 Å². The number of nitrogens with zero attached hydrogens (tertiary/aromatic N) is 1. The first-order chi connectivity index (χ1) is 9.96. The molecule has 0 saturated heterocycles. The quantitative estimate of drug-likeness (QED) is 0.702. The van der Waals surface area contributed by atoms with Gasteiger partial charge in [-0.25, -0.2) is 0 Å². The van der Waals surface area contributed by atoms with Crippen LogP contribution in [0.1, 0.15) is 46.6 Å². The van der Waals surface area contributed by atoms with Crippen molar-refractivity contribution in [3.8, 4) is 11.3 Å². The first-order valence-corrected chi connectivity index (χ1v) is 8.08. The zero-order chi connectivity index (χ0) is 15.3. The van der Waals surface area contributed by atoms with Crippen LogP contribution in [0, 0.1) is 5.92 Å². The molecule has 2 unspecified atom stereocenters. The Morgan fingerprint density at radius 3 is 2.33 bits per heavy atom. The Balaban J connectivity index is 2.44. The number of hydrogen-bond acceptors (Lipinski definition) is 0. The van der Waals surface area contributed by atoms with E-state index in [1.165, 1.54) is 16.8 Å². The zero-order valence-corrected chi connectivity index (χ0v) is 13.9. The van der Waals surface area contributed by atoms with Gasteiger partial charge in [0.15, 0.2) is 11.7 Å². The van der Waals surface area contributed by atoms with Crippen LogP contribution in [0.4, 0.5) is 0 Å². The van der Waals surface area contributed by atoms with Crippen LogP contribution >= 0.6 is 0 Å². The fourth-order valence-electron chi connectivity index (χ4n) is 4.26. The molecule has 1 aliphatic rings. The Labute approximate surface area is 128 Å². The van der Waals surface area contributed by atoms with Gasteiger partial charge in [0.05, 0.1) is 11.0 Å². The fraction of sp³-hybridized carbons (Fsp3) is 0.450. The van der Waals surface area contributed by atoms with Crippen molar-refractivity contribution in [1.82, 2.24) is 0 Å². The molecule has 0 fully saturated rings. The van der Waals surface area contributed by atoms with E-state index in [4.69, 9.17) is 0 Å². The molecule has 0 bridgehead atoms. The highest BCUT2D eigenvalue weighted by molar-refractivity contribution is 5.65. The van der Waals surface area contributed by atoms with Gasteiger partial charge in [-0.2, -0.15) is 4.57 Å². The topological polar surface area (TPSA) is 3.88 Å². The molecular formula is C20H26N+. The molecule has 1 aromatic heterocycles. The van der Waals surface area contributed by atoms with Crippen LogP contribution in [0.25, 0.3) is 11.3 Å². The van der Waals surface area contributed by atoms with Crippen LogP contribution in [0.2, 0.25) is 0 Å². The molecule has 0 saturated carbocycles. The largest absolute Gasteiger partial charge is 0.213 e. The van der Waals surface area contributed by atoms with Gasteiger partial charge in [0.2, 0.25) is 5.69 Å². The van der Waals surface area contributed by atoms with E-state index in [0.29, 0.717) is 5.92 Å². The minimum Gasteiger partial charge on any atom is -0.192 e. The lowest BCUT2D eigenvalue weighted by Crippen LogP contribution is -2.69. The second-order valence-electron chi connectivity index (χ2n) is 6.99. The second-order valence-corrected chi connectivity index (χ2v) is 6.99. The third kappa shape index (κ3) is 1.67. The maximum Gasteiger partial charge on any atom is 0.213 e. The van der Waals surface area contributed by atoms with Crippen molar-refractivity contribution in [2.45, 2.75) is 52.0 Å². The summed E-state index contributed by atoms with van der Waals surface area (Å²) in [4.78, 5) is 0. The third-order valence-corrected chi connectivity index (χ3v) is 6.12. The molecular weight excluding hydrogens is 254 g/mol. The van der Waals surface area contributed by atoms with Crippen LogP contribution in [0.15, 0.2) is 48.7 Å². The van der Waals surface area contributed by atoms with Crippen molar-refractivity contribution in [3.05, 3.63) is 54.2 Å². The average Bonchev–Trinajstić information content (AvgIpc) is 2.52. The average molecular weight is 280 g/mol. The van der Waals surface area contributed by atoms with Crippen LogP contribution in [-0.2, 0) is 11.0 Å². The smallest absolute Gasteiger partial charge is 0.192 e. The van der Waals surface area contributed by atoms with Gasteiger partial charge in [-0.15, -0.1) is 0 Å². The van der Waals surface area contributed by atoms with Gasteiger partial charge in [0.1, 0.15) is 0 Å². The molecule has 0 amide bonds. The second kappa shape index (κ2) is 4.69. The van der Waals surface area contributed by atoms with Crippen LogP contribution in [-0.4, -0.2) is 0 Å². The summed E-state index contributed by atoms with van der Waals surface area (Å²) >= 11 is 0. The standard InChI is InChI=1S/C20H26N/c1-6-19(4)20(5,15(2)3)17-12-8-7-11-16(17)18-13-9-10-14-21(18)19/h7-15H,6H2,1-5H3/q+1. The molecule has 1 heteroatoms. The lowest BCUT2D eigenvalue weighted by molar-refractivity contribution is -0.766. The predicted molar refractivity (Wildman–Crippen MR) is 88.2 cm³/mol. The zero-order valence-electron chi connectivity index (χ0n) is 13.9. The molecule has 2 atom stereocenters. The monoisotopic (exact) mass is 280 g/mol. The van der Waals surface area contributed by atoms with Gasteiger partial charge in [0, 0.05) is 25.5 Å². The summed E-state index contributed by atoms with van der Waals surface area (Å²) in [6.07, 6.45) is 3.38. The number of benzene rings is 1. The number of fused-ring (bicyclic) bond motifs is 3. The van der Waals surface area contributed by atoms with Crippen LogP contribution < -0.4 is 4.57 Å². The van der Waals surface area contributed by atoms with E-state index in [1.807, 2.05) is 0 Å². The fourth-order valence-corrected chi connectivity index (χ4v) is 4.26. The maximum atomic E-state index is 2.51. The predicted octanol–water partition coefficient (Wildman–Crippen LogP) is 4.69. The van der Waals surface area contributed by atoms with Crippen molar-refractivity contribution in [1.29, 1.82) is 0 Å². The Morgan fingerprint density at radius 2 is 1.67 bits per heavy atom. The minimum absolute atomic E-state index is 0.0894. The summed E-state index contributed by atoms with van der Waals surface area (Å²) in [7, 11) is 0. The Morgan fingerprint density at radius 1 is 1.00 bits per heavy atom. The van der Waals surface area contributed by atoms with E-state index < -0.39 is 0 Å². The molecule has 0 aliphatic carbocycles. The highest BCUT2D eigenvalue weighted by Crippen LogP contribution is 2.51. The van der Waals surface area contributed by atoms with Crippen molar-refractivity contribution < 1.29 is 4.57 Å². The first kappa shape index (κ1) is 14.3. The van der Waals surface area contributed by atoms with Crippen molar-refractivity contribution in [3.63, 3.8) is 0 Å². The minimum atomic E-state index is 0.0894. The van der Waals surface area contributed by atoms with Gasteiger partial charge < -0.3 is 0 Å². The Bertz CT molecular complexity index is 673. The molecule has 2 heterocycles. The van der Waals surface area contributed by atoms with Gasteiger partial charge in [0.25, 0.3) is 0 Å². The van der Waals surface area contributed by atoms with Crippen molar-refractivity contribution in [2.75, 3.05) is 0 Å². The molecule has 0 N–H and O–H groups in total. The van der Waals surface area contributed by atoms with E-state index in [9.17, 15) is 0 Å². The van der Waals surface area contributed by atoms with Gasteiger partial charge in [-0.3, -0.25) is 0 Å². The molecule has 110 valence electrons. The highest BCUT2D eigenvalue weighted by atomic mass is 15.1. The lowest BCUT2D eigenvalue weighted by atomic mass is 9.57. The summed E-state index contributed by atoms with van der Waals surface area (Å²) < 4.78 is 2.51. The highest BCUT2D eigenvalue weighted by Gasteiger charge is 2.58. The molecule has 1 aromatic carbocycles. The Hall–Kier alpha value is -1.63. The van der Waals surface area contributed by atoms with Crippen LogP contribution in [0.3, 0.4) is 0 Å².